The van der Waals surface area contributed by atoms with Gasteiger partial charge < -0.3 is 25.0 Å². The van der Waals surface area contributed by atoms with Crippen LogP contribution in [0.4, 0.5) is 0 Å². The Morgan fingerprint density at radius 2 is 1.95 bits per heavy atom. The predicted octanol–water partition coefficient (Wildman–Crippen LogP) is 4.18. The number of hydroxylamine groups is 2. The molecule has 2 fully saturated rings. The molecular formula is C31H44N2O6. The minimum atomic E-state index is -0.851. The Morgan fingerprint density at radius 3 is 2.59 bits per heavy atom. The van der Waals surface area contributed by atoms with E-state index in [1.165, 1.54) is 0 Å². The number of carbonyl (C=O) groups excluding carboxylic acids is 1. The van der Waals surface area contributed by atoms with Crippen molar-refractivity contribution < 1.29 is 29.3 Å². The van der Waals surface area contributed by atoms with Crippen LogP contribution >= 0.6 is 0 Å². The fraction of sp³-hybridized carbons (Fsp3) is 0.581. The largest absolute Gasteiger partial charge is 0.497 e. The van der Waals surface area contributed by atoms with Crippen molar-refractivity contribution in [1.29, 1.82) is 0 Å². The van der Waals surface area contributed by atoms with E-state index in [1.807, 2.05) is 42.5 Å². The highest BCUT2D eigenvalue weighted by atomic mass is 16.7. The first-order valence-electron chi connectivity index (χ1n) is 13.9. The lowest BCUT2D eigenvalue weighted by Gasteiger charge is -2.40. The first-order chi connectivity index (χ1) is 18.6. The molecule has 0 spiro atoms. The SMILES string of the molecule is COc1cccc(-c2cccc(CN3O[C@@H](CO)[C@H]([C@H](C)O)[C@H]3C(=O)N[C@H]3CCC(C)(C)C[C@@H]3C)c2OC)c1. The van der Waals surface area contributed by atoms with Gasteiger partial charge in [0.25, 0.3) is 0 Å². The van der Waals surface area contributed by atoms with Crippen LogP contribution in [-0.2, 0) is 16.2 Å². The highest BCUT2D eigenvalue weighted by molar-refractivity contribution is 5.83. The number of aliphatic hydroxyl groups excluding tert-OH is 2. The summed E-state index contributed by atoms with van der Waals surface area (Å²) in [6, 6.07) is 12.9. The van der Waals surface area contributed by atoms with Crippen LogP contribution in [-0.4, -0.2) is 66.3 Å². The van der Waals surface area contributed by atoms with E-state index in [2.05, 4.69) is 26.1 Å². The molecule has 2 aromatic rings. The lowest BCUT2D eigenvalue weighted by Crippen LogP contribution is -2.53. The maximum Gasteiger partial charge on any atom is 0.240 e. The number of nitrogens with zero attached hydrogens (tertiary/aromatic N) is 1. The van der Waals surface area contributed by atoms with Gasteiger partial charge in [0.1, 0.15) is 23.6 Å². The van der Waals surface area contributed by atoms with E-state index in [9.17, 15) is 15.0 Å². The summed E-state index contributed by atoms with van der Waals surface area (Å²) in [6.07, 6.45) is 1.44. The summed E-state index contributed by atoms with van der Waals surface area (Å²) in [4.78, 5) is 20.0. The molecule has 1 amide bonds. The second-order valence-corrected chi connectivity index (χ2v) is 11.9. The number of aliphatic hydroxyl groups is 2. The third kappa shape index (κ3) is 6.40. The number of hydrogen-bond acceptors (Lipinski definition) is 7. The highest BCUT2D eigenvalue weighted by Gasteiger charge is 2.50. The molecule has 2 aromatic carbocycles. The molecule has 39 heavy (non-hydrogen) atoms. The van der Waals surface area contributed by atoms with Crippen molar-refractivity contribution in [2.45, 2.75) is 77.8 Å². The number of para-hydroxylation sites is 1. The van der Waals surface area contributed by atoms with Crippen molar-refractivity contribution in [3.8, 4) is 22.6 Å². The second kappa shape index (κ2) is 12.3. The fourth-order valence-corrected chi connectivity index (χ4v) is 6.44. The van der Waals surface area contributed by atoms with E-state index in [1.54, 1.807) is 26.2 Å². The van der Waals surface area contributed by atoms with Crippen LogP contribution in [0.3, 0.4) is 0 Å². The Labute approximate surface area is 232 Å². The lowest BCUT2D eigenvalue weighted by molar-refractivity contribution is -0.182. The van der Waals surface area contributed by atoms with E-state index in [0.29, 0.717) is 11.7 Å². The molecule has 3 N–H and O–H groups in total. The maximum absolute atomic E-state index is 13.8. The van der Waals surface area contributed by atoms with Gasteiger partial charge >= 0.3 is 0 Å². The first-order valence-corrected chi connectivity index (χ1v) is 13.9. The number of nitrogens with one attached hydrogen (secondary N) is 1. The van der Waals surface area contributed by atoms with Gasteiger partial charge in [-0.1, -0.05) is 51.1 Å². The van der Waals surface area contributed by atoms with Crippen LogP contribution in [0, 0.1) is 17.3 Å². The van der Waals surface area contributed by atoms with Gasteiger partial charge in [-0.15, -0.1) is 0 Å². The zero-order valence-electron chi connectivity index (χ0n) is 24.0. The molecule has 214 valence electrons. The normalized spacial score (nSPS) is 27.6. The smallest absolute Gasteiger partial charge is 0.240 e. The third-order valence-electron chi connectivity index (χ3n) is 8.41. The quantitative estimate of drug-likeness (QED) is 0.439. The van der Waals surface area contributed by atoms with Gasteiger partial charge in [0.05, 0.1) is 33.5 Å². The van der Waals surface area contributed by atoms with Gasteiger partial charge in [-0.2, -0.15) is 5.06 Å². The van der Waals surface area contributed by atoms with Crippen molar-refractivity contribution >= 4 is 5.91 Å². The fourth-order valence-electron chi connectivity index (χ4n) is 6.44. The van der Waals surface area contributed by atoms with Gasteiger partial charge in [0.15, 0.2) is 0 Å². The molecule has 1 saturated carbocycles. The van der Waals surface area contributed by atoms with E-state index in [-0.39, 0.29) is 30.5 Å². The lowest BCUT2D eigenvalue weighted by atomic mass is 9.70. The summed E-state index contributed by atoms with van der Waals surface area (Å²) in [5, 5.41) is 25.7. The highest BCUT2D eigenvalue weighted by Crippen LogP contribution is 2.40. The monoisotopic (exact) mass is 540 g/mol. The number of amides is 1. The number of carbonyl (C=O) groups is 1. The van der Waals surface area contributed by atoms with E-state index in [4.69, 9.17) is 14.3 Å². The molecular weight excluding hydrogens is 496 g/mol. The van der Waals surface area contributed by atoms with E-state index < -0.39 is 24.2 Å². The van der Waals surface area contributed by atoms with Crippen LogP contribution in [0.1, 0.15) is 52.5 Å². The number of ether oxygens (including phenoxy) is 2. The Hall–Kier alpha value is -2.65. The summed E-state index contributed by atoms with van der Waals surface area (Å²) in [5.74, 6) is 0.976. The second-order valence-electron chi connectivity index (χ2n) is 11.9. The minimum absolute atomic E-state index is 0.0566. The molecule has 0 aromatic heterocycles. The first kappa shape index (κ1) is 29.3. The van der Waals surface area contributed by atoms with Crippen LogP contribution in [0.25, 0.3) is 11.1 Å². The van der Waals surface area contributed by atoms with Gasteiger partial charge in [0.2, 0.25) is 5.91 Å². The zero-order valence-corrected chi connectivity index (χ0v) is 24.0. The Balaban J connectivity index is 1.63. The molecule has 2 aliphatic rings. The average Bonchev–Trinajstić information content (AvgIpc) is 3.28. The molecule has 0 radical (unpaired) electrons. The summed E-state index contributed by atoms with van der Waals surface area (Å²) in [6.45, 7) is 8.33. The number of methoxy groups -OCH3 is 2. The minimum Gasteiger partial charge on any atom is -0.497 e. The Morgan fingerprint density at radius 1 is 1.21 bits per heavy atom. The van der Waals surface area contributed by atoms with Crippen LogP contribution in [0.15, 0.2) is 42.5 Å². The van der Waals surface area contributed by atoms with Crippen LogP contribution in [0.5, 0.6) is 11.5 Å². The Kier molecular flexibility index (Phi) is 9.21. The summed E-state index contributed by atoms with van der Waals surface area (Å²) < 4.78 is 11.3. The molecule has 1 aliphatic carbocycles. The van der Waals surface area contributed by atoms with Gasteiger partial charge in [0, 0.05) is 23.1 Å². The third-order valence-corrected chi connectivity index (χ3v) is 8.41. The van der Waals surface area contributed by atoms with Crippen molar-refractivity contribution in [2.75, 3.05) is 20.8 Å². The molecule has 8 nitrogen and oxygen atoms in total. The van der Waals surface area contributed by atoms with Crippen molar-refractivity contribution in [3.05, 3.63) is 48.0 Å². The number of hydrogen-bond donors (Lipinski definition) is 3. The Bertz CT molecular complexity index is 1140. The molecule has 8 heteroatoms. The molecule has 0 unspecified atom stereocenters. The van der Waals surface area contributed by atoms with Crippen molar-refractivity contribution in [3.63, 3.8) is 0 Å². The topological polar surface area (TPSA) is 100 Å². The zero-order chi connectivity index (χ0) is 28.3. The van der Waals surface area contributed by atoms with Gasteiger partial charge in [-0.3, -0.25) is 9.63 Å². The summed E-state index contributed by atoms with van der Waals surface area (Å²) in [5.41, 5.74) is 2.91. The predicted molar refractivity (Wildman–Crippen MR) is 150 cm³/mol. The molecule has 1 aliphatic heterocycles. The van der Waals surface area contributed by atoms with Crippen molar-refractivity contribution in [2.24, 2.45) is 17.3 Å². The van der Waals surface area contributed by atoms with Gasteiger partial charge in [-0.25, -0.2) is 0 Å². The van der Waals surface area contributed by atoms with E-state index in [0.717, 1.165) is 41.7 Å². The standard InChI is InChI=1S/C31H44N2O6/c1-19-16-31(3,4)14-13-25(19)32-30(36)28-27(20(2)35)26(18-34)39-33(28)17-22-10-8-12-24(29(22)38-6)21-9-7-11-23(15-21)37-5/h7-12,15,19-20,25-28,34-35H,13-14,16-18H2,1-6H3,(H,32,36)/t19-,20-,25-,26-,27-,28-/m0/s1. The number of benzene rings is 2. The average molecular weight is 541 g/mol. The van der Waals surface area contributed by atoms with Crippen molar-refractivity contribution in [1.82, 2.24) is 10.4 Å². The molecule has 1 heterocycles. The molecule has 6 atom stereocenters. The summed E-state index contributed by atoms with van der Waals surface area (Å²) in [7, 11) is 3.26. The van der Waals surface area contributed by atoms with Crippen LogP contribution in [0.2, 0.25) is 0 Å². The molecule has 0 bridgehead atoms. The molecule has 4 rings (SSSR count). The van der Waals surface area contributed by atoms with Gasteiger partial charge in [-0.05, 0) is 55.2 Å². The van der Waals surface area contributed by atoms with E-state index >= 15 is 0 Å². The molecule has 1 saturated heterocycles. The maximum atomic E-state index is 13.8. The summed E-state index contributed by atoms with van der Waals surface area (Å²) >= 11 is 0. The number of rotatable bonds is 9. The van der Waals surface area contributed by atoms with Crippen LogP contribution < -0.4 is 14.8 Å².